The number of hydrogen-bond acceptors (Lipinski definition) is 15. The van der Waals surface area contributed by atoms with Crippen molar-refractivity contribution in [3.63, 3.8) is 0 Å². The minimum atomic E-state index is -1.02. The molecule has 0 radical (unpaired) electrons. The number of rotatable bonds is 13. The molecule has 9 rings (SSSR count). The lowest BCUT2D eigenvalue weighted by atomic mass is 9.91. The van der Waals surface area contributed by atoms with Gasteiger partial charge in [-0.15, -0.1) is 0 Å². The third kappa shape index (κ3) is 10.8. The van der Waals surface area contributed by atoms with Gasteiger partial charge in [0.1, 0.15) is 28.8 Å². The fourth-order valence-electron chi connectivity index (χ4n) is 10.6. The Balaban J connectivity index is 0.722. The van der Waals surface area contributed by atoms with Crippen molar-refractivity contribution in [2.24, 2.45) is 17.6 Å². The number of anilines is 7. The largest absolute Gasteiger partial charge is 0.508 e. The standard InChI is InChI=1S/C55H67N13O6/c1-5-37-29-42(47(70)31-46(37)69)49(56)68(50(57)51(58)71)39-13-11-35(12-14-39)33-64-25-27-65(28-26-64)34-36-17-21-67(22-18-36)53(72)38-19-23-66(24-20-38)40-15-16-43(48(30-40)74-6-2)60-55-59-32-45-52(61-55)62(3)44-10-8-7-9-41(44)54(73)63(45)4/h7-16,29-32,36,38,56-57,69-70H,5-6,17-28,33-34H2,1-4H3,(H2,58,71)(H,59,60,61). The van der Waals surface area contributed by atoms with E-state index in [9.17, 15) is 24.6 Å². The van der Waals surface area contributed by atoms with Gasteiger partial charge in [-0.2, -0.15) is 4.98 Å². The van der Waals surface area contributed by atoms with E-state index in [1.54, 1.807) is 30.3 Å². The van der Waals surface area contributed by atoms with Gasteiger partial charge in [0.15, 0.2) is 11.7 Å². The summed E-state index contributed by atoms with van der Waals surface area (Å²) in [5, 5.41) is 41.4. The van der Waals surface area contributed by atoms with Gasteiger partial charge in [0, 0.05) is 109 Å². The second-order valence-corrected chi connectivity index (χ2v) is 19.6. The van der Waals surface area contributed by atoms with Crippen LogP contribution in [0.4, 0.5) is 40.2 Å². The zero-order valence-electron chi connectivity index (χ0n) is 42.7. The minimum Gasteiger partial charge on any atom is -0.508 e. The molecule has 4 aliphatic heterocycles. The highest BCUT2D eigenvalue weighted by Crippen LogP contribution is 2.40. The first-order valence-electron chi connectivity index (χ1n) is 25.6. The van der Waals surface area contributed by atoms with Crippen LogP contribution in [-0.4, -0.2) is 144 Å². The number of para-hydroxylation sites is 1. The van der Waals surface area contributed by atoms with Crippen molar-refractivity contribution < 1.29 is 29.3 Å². The summed E-state index contributed by atoms with van der Waals surface area (Å²) in [6.07, 6.45) is 5.72. The van der Waals surface area contributed by atoms with Gasteiger partial charge in [-0.05, 0) is 98.5 Å². The minimum absolute atomic E-state index is 0.00858. The number of likely N-dealkylation sites (tertiary alicyclic amines) is 1. The molecular weight excluding hydrogens is 939 g/mol. The second-order valence-electron chi connectivity index (χ2n) is 19.6. The number of aromatic hydroxyl groups is 2. The van der Waals surface area contributed by atoms with E-state index in [2.05, 4.69) is 36.0 Å². The van der Waals surface area contributed by atoms with E-state index in [4.69, 9.17) is 26.3 Å². The first-order chi connectivity index (χ1) is 35.7. The lowest BCUT2D eigenvalue weighted by Gasteiger charge is -2.40. The zero-order chi connectivity index (χ0) is 52.2. The number of amides is 3. The van der Waals surface area contributed by atoms with Crippen molar-refractivity contribution in [1.29, 1.82) is 10.8 Å². The molecule has 0 aliphatic carbocycles. The lowest BCUT2D eigenvalue weighted by Crippen LogP contribution is -2.49. The number of aromatic nitrogens is 2. The summed E-state index contributed by atoms with van der Waals surface area (Å²) in [7, 11) is 3.63. The number of nitrogens with zero attached hydrogens (tertiary/aromatic N) is 9. The van der Waals surface area contributed by atoms with Crippen molar-refractivity contribution in [1.82, 2.24) is 24.7 Å². The molecule has 1 aromatic heterocycles. The second kappa shape index (κ2) is 22.1. The molecule has 7 N–H and O–H groups in total. The van der Waals surface area contributed by atoms with E-state index in [0.717, 1.165) is 125 Å². The van der Waals surface area contributed by atoms with Crippen LogP contribution in [0.3, 0.4) is 0 Å². The number of nitrogens with two attached hydrogens (primary N) is 1. The number of primary amides is 1. The predicted octanol–water partition coefficient (Wildman–Crippen LogP) is 6.52. The first kappa shape index (κ1) is 51.1. The Labute approximate surface area is 432 Å². The molecule has 3 fully saturated rings. The monoisotopic (exact) mass is 1010 g/mol. The van der Waals surface area contributed by atoms with E-state index < -0.39 is 11.7 Å². The highest BCUT2D eigenvalue weighted by atomic mass is 16.5. The van der Waals surface area contributed by atoms with E-state index in [0.29, 0.717) is 59.0 Å². The molecule has 0 bridgehead atoms. The Morgan fingerprint density at radius 2 is 1.53 bits per heavy atom. The number of carbonyl (C=O) groups excluding carboxylic acids is 3. The number of fused-ring (bicyclic) bond motifs is 2. The molecule has 5 heterocycles. The number of hydrogen-bond donors (Lipinski definition) is 6. The van der Waals surface area contributed by atoms with Gasteiger partial charge in [-0.25, -0.2) is 4.98 Å². The number of amidine groups is 2. The first-order valence-corrected chi connectivity index (χ1v) is 25.6. The van der Waals surface area contributed by atoms with E-state index in [1.165, 1.54) is 6.07 Å². The summed E-state index contributed by atoms with van der Waals surface area (Å²) >= 11 is 0. The molecule has 0 saturated carbocycles. The fraction of sp³-hybridized carbons (Fsp3) is 0.400. The van der Waals surface area contributed by atoms with E-state index in [-0.39, 0.29) is 40.6 Å². The Bertz CT molecular complexity index is 2910. The quantitative estimate of drug-likeness (QED) is 0.0545. The van der Waals surface area contributed by atoms with Crippen LogP contribution in [0.5, 0.6) is 17.2 Å². The van der Waals surface area contributed by atoms with Gasteiger partial charge < -0.3 is 50.5 Å². The number of piperazine rings is 1. The zero-order valence-corrected chi connectivity index (χ0v) is 42.7. The van der Waals surface area contributed by atoms with Crippen LogP contribution in [0.2, 0.25) is 0 Å². The van der Waals surface area contributed by atoms with Crippen molar-refractivity contribution in [2.75, 3.05) is 105 Å². The molecule has 3 amide bonds. The summed E-state index contributed by atoms with van der Waals surface area (Å²) < 4.78 is 6.13. The molecule has 5 aromatic rings. The highest BCUT2D eigenvalue weighted by Gasteiger charge is 2.34. The molecule has 74 heavy (non-hydrogen) atoms. The number of aryl methyl sites for hydroxylation is 1. The van der Waals surface area contributed by atoms with Crippen molar-refractivity contribution in [3.8, 4) is 17.2 Å². The maximum atomic E-state index is 13.9. The smallest absolute Gasteiger partial charge is 0.284 e. The van der Waals surface area contributed by atoms with Gasteiger partial charge in [-0.1, -0.05) is 31.2 Å². The predicted molar refractivity (Wildman–Crippen MR) is 288 cm³/mol. The highest BCUT2D eigenvalue weighted by molar-refractivity contribution is 6.47. The van der Waals surface area contributed by atoms with Crippen LogP contribution in [0.15, 0.2) is 85.1 Å². The average molecular weight is 1010 g/mol. The van der Waals surface area contributed by atoms with Gasteiger partial charge >= 0.3 is 0 Å². The van der Waals surface area contributed by atoms with E-state index >= 15 is 0 Å². The van der Waals surface area contributed by atoms with Crippen LogP contribution in [0, 0.1) is 22.7 Å². The number of carbonyl (C=O) groups is 3. The number of ether oxygens (including phenoxy) is 1. The molecule has 4 aliphatic rings. The van der Waals surface area contributed by atoms with Crippen LogP contribution in [0.25, 0.3) is 0 Å². The molecule has 19 nitrogen and oxygen atoms in total. The Kier molecular flexibility index (Phi) is 15.3. The van der Waals surface area contributed by atoms with Gasteiger partial charge in [0.05, 0.1) is 35.3 Å². The molecule has 19 heteroatoms. The molecule has 0 atom stereocenters. The Morgan fingerprint density at radius 1 is 0.824 bits per heavy atom. The van der Waals surface area contributed by atoms with Crippen LogP contribution < -0.4 is 35.4 Å². The van der Waals surface area contributed by atoms with Gasteiger partial charge in [0.2, 0.25) is 11.9 Å². The molecule has 0 unspecified atom stereocenters. The topological polar surface area (TPSA) is 235 Å². The summed E-state index contributed by atoms with van der Waals surface area (Å²) in [6.45, 7) is 12.9. The van der Waals surface area contributed by atoms with Crippen LogP contribution in [-0.2, 0) is 22.6 Å². The number of nitrogens with one attached hydrogen (secondary N) is 3. The molecular formula is C55H67N13O6. The SMILES string of the molecule is CCOc1cc(N2CCC(C(=O)N3CCC(CN4CCN(Cc5ccc(N(C(=N)C(N)=O)C(=N)c6cc(CC)c(O)cc6O)cc5)CC4)CC3)CC2)ccc1Nc1ncc2c(n1)N(C)c1ccccc1C(=O)N2C. The number of phenolic OH excluding ortho intramolecular Hbond substituents is 2. The van der Waals surface area contributed by atoms with Crippen LogP contribution >= 0.6 is 0 Å². The maximum absolute atomic E-state index is 13.9. The number of benzene rings is 4. The third-order valence-electron chi connectivity index (χ3n) is 15.0. The molecule has 388 valence electrons. The van der Waals surface area contributed by atoms with Crippen molar-refractivity contribution >= 4 is 69.6 Å². The van der Waals surface area contributed by atoms with Crippen LogP contribution in [0.1, 0.15) is 66.6 Å². The third-order valence-corrected chi connectivity index (χ3v) is 15.0. The fourth-order valence-corrected chi connectivity index (χ4v) is 10.6. The van der Waals surface area contributed by atoms with Gasteiger partial charge in [0.25, 0.3) is 11.8 Å². The number of piperidine rings is 2. The molecule has 4 aromatic carbocycles. The average Bonchev–Trinajstić information content (AvgIpc) is 3.49. The number of phenols is 2. The Hall–Kier alpha value is -7.77. The maximum Gasteiger partial charge on any atom is 0.284 e. The van der Waals surface area contributed by atoms with E-state index in [1.807, 2.05) is 74.3 Å². The summed E-state index contributed by atoms with van der Waals surface area (Å²) in [6, 6.07) is 23.6. The Morgan fingerprint density at radius 3 is 2.22 bits per heavy atom. The van der Waals surface area contributed by atoms with Crippen molar-refractivity contribution in [2.45, 2.75) is 52.5 Å². The lowest BCUT2D eigenvalue weighted by molar-refractivity contribution is -0.137. The molecule has 3 saturated heterocycles. The summed E-state index contributed by atoms with van der Waals surface area (Å²) in [5.74, 6) is -0.00548. The van der Waals surface area contributed by atoms with Gasteiger partial charge in [-0.3, -0.25) is 35.0 Å². The molecule has 0 spiro atoms. The summed E-state index contributed by atoms with van der Waals surface area (Å²) in [5.41, 5.74) is 11.2. The normalized spacial score (nSPS) is 16.8. The summed E-state index contributed by atoms with van der Waals surface area (Å²) in [4.78, 5) is 62.7. The van der Waals surface area contributed by atoms with Crippen molar-refractivity contribution in [3.05, 3.63) is 107 Å².